The number of ether oxygens (including phenoxy) is 2. The van der Waals surface area contributed by atoms with Crippen molar-refractivity contribution in [3.05, 3.63) is 77.4 Å². The molecule has 0 spiro atoms. The minimum atomic E-state index is -2.01. The Hall–Kier alpha value is -2.96. The number of hydrogen-bond donors (Lipinski definition) is 1. The van der Waals surface area contributed by atoms with E-state index < -0.39 is 16.5 Å². The molecule has 5 nitrogen and oxygen atoms in total. The van der Waals surface area contributed by atoms with Gasteiger partial charge in [0.2, 0.25) is 6.79 Å². The summed E-state index contributed by atoms with van der Waals surface area (Å²) in [5.74, 6) is 1.66. The van der Waals surface area contributed by atoms with Gasteiger partial charge in [0, 0.05) is 6.42 Å². The Morgan fingerprint density at radius 1 is 1.03 bits per heavy atom. The third kappa shape index (κ3) is 3.66. The predicted octanol–water partition coefficient (Wildman–Crippen LogP) is 4.81. The Morgan fingerprint density at radius 2 is 1.84 bits per heavy atom. The lowest BCUT2D eigenvalue weighted by molar-refractivity contribution is -0.120. The van der Waals surface area contributed by atoms with Crippen LogP contribution in [-0.4, -0.2) is 21.3 Å². The molecule has 0 saturated heterocycles. The van der Waals surface area contributed by atoms with Gasteiger partial charge in [0.1, 0.15) is 5.78 Å². The highest BCUT2D eigenvalue weighted by Crippen LogP contribution is 2.51. The molecule has 5 rings (SSSR count). The lowest BCUT2D eigenvalue weighted by Crippen LogP contribution is -2.22. The molecule has 1 atom stereocenters. The van der Waals surface area contributed by atoms with E-state index in [2.05, 4.69) is 0 Å². The fraction of sp³-hybridized carbons (Fsp3) is 0.240. The molecular formula is C25H22O5S. The molecule has 0 radical (unpaired) electrons. The van der Waals surface area contributed by atoms with Crippen LogP contribution in [-0.2, 0) is 27.7 Å². The highest BCUT2D eigenvalue weighted by Gasteiger charge is 2.50. The summed E-state index contributed by atoms with van der Waals surface area (Å²) >= 11 is -2.01. The first-order valence-corrected chi connectivity index (χ1v) is 11.3. The summed E-state index contributed by atoms with van der Waals surface area (Å²) in [5.41, 5.74) is 4.45. The standard InChI is InChI=1S/C25H22O5S/c1-16-11-17(5-7-21(16)18-3-2-4-20(13-18)31(27)28)12-24(26)25(9-10-25)19-6-8-22-23(14-19)30-15-29-22/h2-8,11,13-14H,9-10,12,15H2,1H3,(H,27,28). The Morgan fingerprint density at radius 3 is 2.58 bits per heavy atom. The summed E-state index contributed by atoms with van der Waals surface area (Å²) in [5, 5.41) is 0. The SMILES string of the molecule is Cc1cc(CC(=O)C2(c3ccc4c(c3)OCO4)CC2)ccc1-c1cccc(S(=O)O)c1. The minimum Gasteiger partial charge on any atom is -0.454 e. The average Bonchev–Trinajstić information content (AvgIpc) is 3.45. The summed E-state index contributed by atoms with van der Waals surface area (Å²) in [7, 11) is 0. The Bertz CT molecular complexity index is 1210. The second kappa shape index (κ2) is 7.62. The van der Waals surface area contributed by atoms with Crippen molar-refractivity contribution < 1.29 is 23.0 Å². The number of benzene rings is 3. The van der Waals surface area contributed by atoms with Crippen LogP contribution in [0.1, 0.15) is 29.5 Å². The van der Waals surface area contributed by atoms with Crippen molar-refractivity contribution in [1.29, 1.82) is 0 Å². The van der Waals surface area contributed by atoms with Crippen LogP contribution < -0.4 is 9.47 Å². The van der Waals surface area contributed by atoms with E-state index in [4.69, 9.17) is 9.47 Å². The second-order valence-corrected chi connectivity index (χ2v) is 9.15. The molecule has 1 fully saturated rings. The second-order valence-electron chi connectivity index (χ2n) is 8.18. The van der Waals surface area contributed by atoms with Crippen LogP contribution in [0.4, 0.5) is 0 Å². The fourth-order valence-corrected chi connectivity index (χ4v) is 4.76. The number of Topliss-reactive ketones (excluding diaryl/α,β-unsaturated/α-hetero) is 1. The van der Waals surface area contributed by atoms with E-state index in [-0.39, 0.29) is 12.6 Å². The highest BCUT2D eigenvalue weighted by atomic mass is 32.2. The van der Waals surface area contributed by atoms with Gasteiger partial charge in [-0.15, -0.1) is 0 Å². The van der Waals surface area contributed by atoms with E-state index in [1.54, 1.807) is 18.2 Å². The van der Waals surface area contributed by atoms with Crippen molar-refractivity contribution in [3.8, 4) is 22.6 Å². The van der Waals surface area contributed by atoms with Gasteiger partial charge in [0.25, 0.3) is 0 Å². The number of fused-ring (bicyclic) bond motifs is 1. The molecular weight excluding hydrogens is 412 g/mol. The van der Waals surface area contributed by atoms with Crippen molar-refractivity contribution in [2.24, 2.45) is 0 Å². The number of aryl methyl sites for hydroxylation is 1. The number of hydrogen-bond acceptors (Lipinski definition) is 4. The first-order valence-electron chi connectivity index (χ1n) is 10.2. The van der Waals surface area contributed by atoms with Gasteiger partial charge in [-0.25, -0.2) is 4.21 Å². The van der Waals surface area contributed by atoms with E-state index in [0.29, 0.717) is 17.1 Å². The Balaban J connectivity index is 1.37. The maximum Gasteiger partial charge on any atom is 0.231 e. The summed E-state index contributed by atoms with van der Waals surface area (Å²) < 4.78 is 31.6. The van der Waals surface area contributed by atoms with Crippen molar-refractivity contribution in [1.82, 2.24) is 0 Å². The van der Waals surface area contributed by atoms with Crippen LogP contribution in [0.3, 0.4) is 0 Å². The van der Waals surface area contributed by atoms with Gasteiger partial charge in [0.15, 0.2) is 22.6 Å². The molecule has 1 saturated carbocycles. The lowest BCUT2D eigenvalue weighted by atomic mass is 9.87. The maximum atomic E-state index is 13.2. The molecule has 31 heavy (non-hydrogen) atoms. The van der Waals surface area contributed by atoms with Crippen LogP contribution in [0.5, 0.6) is 11.5 Å². The van der Waals surface area contributed by atoms with Gasteiger partial charge < -0.3 is 14.0 Å². The van der Waals surface area contributed by atoms with Crippen LogP contribution in [0.25, 0.3) is 11.1 Å². The monoisotopic (exact) mass is 434 g/mol. The van der Waals surface area contributed by atoms with E-state index in [1.807, 2.05) is 49.4 Å². The zero-order valence-corrected chi connectivity index (χ0v) is 17.9. The number of ketones is 1. The zero-order chi connectivity index (χ0) is 21.6. The average molecular weight is 435 g/mol. The Labute approximate surface area is 183 Å². The first-order chi connectivity index (χ1) is 15.0. The smallest absolute Gasteiger partial charge is 0.231 e. The molecule has 1 unspecified atom stereocenters. The van der Waals surface area contributed by atoms with Gasteiger partial charge in [-0.05, 0) is 71.8 Å². The number of rotatable bonds is 6. The van der Waals surface area contributed by atoms with Crippen molar-refractivity contribution in [3.63, 3.8) is 0 Å². The largest absolute Gasteiger partial charge is 0.454 e. The topological polar surface area (TPSA) is 72.8 Å². The van der Waals surface area contributed by atoms with Crippen LogP contribution in [0.15, 0.2) is 65.6 Å². The lowest BCUT2D eigenvalue weighted by Gasteiger charge is -2.16. The van der Waals surface area contributed by atoms with Gasteiger partial charge in [0.05, 0.1) is 10.3 Å². The van der Waals surface area contributed by atoms with Crippen LogP contribution in [0, 0.1) is 6.92 Å². The molecule has 6 heteroatoms. The van der Waals surface area contributed by atoms with Gasteiger partial charge in [-0.1, -0.05) is 36.4 Å². The highest BCUT2D eigenvalue weighted by molar-refractivity contribution is 7.79. The van der Waals surface area contributed by atoms with Crippen LogP contribution in [0.2, 0.25) is 0 Å². The molecule has 2 aliphatic rings. The summed E-state index contributed by atoms with van der Waals surface area (Å²) in [6.07, 6.45) is 2.08. The summed E-state index contributed by atoms with van der Waals surface area (Å²) in [4.78, 5) is 13.6. The van der Waals surface area contributed by atoms with E-state index >= 15 is 0 Å². The van der Waals surface area contributed by atoms with Crippen molar-refractivity contribution in [2.45, 2.75) is 36.5 Å². The first kappa shape index (κ1) is 20.0. The molecule has 0 bridgehead atoms. The maximum absolute atomic E-state index is 13.2. The summed E-state index contributed by atoms with van der Waals surface area (Å²) in [6.45, 7) is 2.22. The fourth-order valence-electron chi connectivity index (χ4n) is 4.33. The molecule has 1 N–H and O–H groups in total. The van der Waals surface area contributed by atoms with E-state index in [1.165, 1.54) is 0 Å². The van der Waals surface area contributed by atoms with Gasteiger partial charge >= 0.3 is 0 Å². The molecule has 1 aliphatic carbocycles. The summed E-state index contributed by atoms with van der Waals surface area (Å²) in [6, 6.07) is 18.8. The number of carbonyl (C=O) groups excluding carboxylic acids is 1. The van der Waals surface area contributed by atoms with Crippen molar-refractivity contribution in [2.75, 3.05) is 6.79 Å². The van der Waals surface area contributed by atoms with Gasteiger partial charge in [-0.3, -0.25) is 4.79 Å². The molecule has 3 aromatic carbocycles. The predicted molar refractivity (Wildman–Crippen MR) is 118 cm³/mol. The zero-order valence-electron chi connectivity index (χ0n) is 17.1. The molecule has 158 valence electrons. The third-order valence-corrected chi connectivity index (χ3v) is 6.87. The molecule has 3 aromatic rings. The molecule has 0 amide bonds. The van der Waals surface area contributed by atoms with Gasteiger partial charge in [-0.2, -0.15) is 0 Å². The van der Waals surface area contributed by atoms with E-state index in [9.17, 15) is 13.6 Å². The minimum absolute atomic E-state index is 0.219. The van der Waals surface area contributed by atoms with Crippen molar-refractivity contribution >= 4 is 16.9 Å². The number of carbonyl (C=O) groups is 1. The quantitative estimate of drug-likeness (QED) is 0.564. The third-order valence-electron chi connectivity index (χ3n) is 6.21. The molecule has 1 aliphatic heterocycles. The Kier molecular flexibility index (Phi) is 4.91. The van der Waals surface area contributed by atoms with E-state index in [0.717, 1.165) is 46.4 Å². The normalized spacial score (nSPS) is 16.7. The molecule has 1 heterocycles. The molecule has 0 aromatic heterocycles. The van der Waals surface area contributed by atoms with Crippen LogP contribution >= 0.6 is 0 Å².